The maximum Gasteiger partial charge on any atom is 0.0710 e. The third-order valence-electron chi connectivity index (χ3n) is 3.87. The second-order valence-electron chi connectivity index (χ2n) is 5.37. The Balaban J connectivity index is 2.07. The number of benzene rings is 1. The van der Waals surface area contributed by atoms with Crippen molar-refractivity contribution in [2.75, 3.05) is 0 Å². The molecule has 2 aromatic rings. The summed E-state index contributed by atoms with van der Waals surface area (Å²) >= 11 is 0. The summed E-state index contributed by atoms with van der Waals surface area (Å²) in [4.78, 5) is 4.89. The molecule has 0 aliphatic heterocycles. The van der Waals surface area contributed by atoms with Crippen LogP contribution >= 0.6 is 0 Å². The lowest BCUT2D eigenvalue weighted by atomic mass is 9.90. The highest BCUT2D eigenvalue weighted by atomic mass is 14.7. The fourth-order valence-electron chi connectivity index (χ4n) is 2.90. The van der Waals surface area contributed by atoms with Crippen LogP contribution in [0.2, 0.25) is 0 Å². The summed E-state index contributed by atoms with van der Waals surface area (Å²) in [5, 5.41) is 1.29. The van der Waals surface area contributed by atoms with Gasteiger partial charge in [0.25, 0.3) is 0 Å². The molecule has 0 amide bonds. The van der Waals surface area contributed by atoms with Gasteiger partial charge in [-0.05, 0) is 56.4 Å². The van der Waals surface area contributed by atoms with E-state index < -0.39 is 0 Å². The molecular weight excluding hydrogens is 218 g/mol. The van der Waals surface area contributed by atoms with E-state index in [9.17, 15) is 0 Å². The summed E-state index contributed by atoms with van der Waals surface area (Å²) < 4.78 is 0. The summed E-state index contributed by atoms with van der Waals surface area (Å²) in [5.74, 6) is 0.611. The Morgan fingerprint density at radius 3 is 2.78 bits per heavy atom. The van der Waals surface area contributed by atoms with Gasteiger partial charge in [-0.2, -0.15) is 0 Å². The van der Waals surface area contributed by atoms with Gasteiger partial charge >= 0.3 is 0 Å². The summed E-state index contributed by atoms with van der Waals surface area (Å²) in [5.41, 5.74) is 5.04. The van der Waals surface area contributed by atoms with E-state index in [1.165, 1.54) is 35.0 Å². The molecule has 1 heterocycles. The van der Waals surface area contributed by atoms with Crippen LogP contribution in [0.3, 0.4) is 0 Å². The molecule has 0 N–H and O–H groups in total. The van der Waals surface area contributed by atoms with E-state index in [4.69, 9.17) is 4.98 Å². The van der Waals surface area contributed by atoms with E-state index in [1.54, 1.807) is 0 Å². The third kappa shape index (κ3) is 2.05. The molecule has 0 radical (unpaired) electrons. The van der Waals surface area contributed by atoms with Crippen molar-refractivity contribution >= 4 is 10.9 Å². The lowest BCUT2D eigenvalue weighted by molar-refractivity contribution is 0.603. The topological polar surface area (TPSA) is 12.9 Å². The van der Waals surface area contributed by atoms with Crippen molar-refractivity contribution in [2.45, 2.75) is 39.0 Å². The number of rotatable bonds is 1. The molecule has 1 aliphatic carbocycles. The zero-order chi connectivity index (χ0) is 12.5. The van der Waals surface area contributed by atoms with E-state index in [-0.39, 0.29) is 0 Å². The van der Waals surface area contributed by atoms with Crippen LogP contribution in [0.5, 0.6) is 0 Å². The average Bonchev–Trinajstić information content (AvgIpc) is 2.39. The lowest BCUT2D eigenvalue weighted by Crippen LogP contribution is -2.03. The molecule has 0 spiro atoms. The molecule has 0 bridgehead atoms. The zero-order valence-electron chi connectivity index (χ0n) is 11.1. The Morgan fingerprint density at radius 1 is 1.11 bits per heavy atom. The smallest absolute Gasteiger partial charge is 0.0710 e. The summed E-state index contributed by atoms with van der Waals surface area (Å²) in [6, 6.07) is 8.89. The predicted molar refractivity (Wildman–Crippen MR) is 76.9 cm³/mol. The minimum absolute atomic E-state index is 0.611. The number of allylic oxidation sites excluding steroid dienone is 2. The van der Waals surface area contributed by atoms with Crippen LogP contribution in [0.1, 0.15) is 42.0 Å². The minimum atomic E-state index is 0.611. The van der Waals surface area contributed by atoms with Crippen molar-refractivity contribution in [1.29, 1.82) is 0 Å². The van der Waals surface area contributed by atoms with E-state index >= 15 is 0 Å². The maximum absolute atomic E-state index is 4.89. The molecule has 92 valence electrons. The van der Waals surface area contributed by atoms with Crippen LogP contribution in [-0.4, -0.2) is 4.98 Å². The predicted octanol–water partition coefficient (Wildman–Crippen LogP) is 4.68. The third-order valence-corrected chi connectivity index (χ3v) is 3.87. The molecule has 1 atom stereocenters. The first-order chi connectivity index (χ1) is 8.74. The average molecular weight is 237 g/mol. The molecule has 1 heteroatoms. The van der Waals surface area contributed by atoms with Crippen molar-refractivity contribution < 1.29 is 0 Å². The first-order valence-corrected chi connectivity index (χ1v) is 6.77. The highest BCUT2D eigenvalue weighted by molar-refractivity contribution is 5.83. The molecule has 0 saturated carbocycles. The number of hydrogen-bond donors (Lipinski definition) is 0. The molecule has 1 aliphatic rings. The quantitative estimate of drug-likeness (QED) is 0.656. The Hall–Kier alpha value is -1.63. The fourth-order valence-corrected chi connectivity index (χ4v) is 2.90. The van der Waals surface area contributed by atoms with Crippen LogP contribution in [0.15, 0.2) is 36.4 Å². The molecule has 1 unspecified atom stereocenters. The Bertz CT molecular complexity index is 610. The minimum Gasteiger partial charge on any atom is -0.253 e. The molecule has 3 rings (SSSR count). The molecule has 0 saturated heterocycles. The SMILES string of the molecule is Cc1cc(C)c2ccc(C3CC=CCC3)nc2c1. The fraction of sp³-hybridized carbons (Fsp3) is 0.353. The van der Waals surface area contributed by atoms with Crippen molar-refractivity contribution in [3.63, 3.8) is 0 Å². The van der Waals surface area contributed by atoms with Gasteiger partial charge in [-0.1, -0.05) is 24.3 Å². The van der Waals surface area contributed by atoms with Crippen molar-refractivity contribution in [3.8, 4) is 0 Å². The van der Waals surface area contributed by atoms with E-state index in [2.05, 4.69) is 50.3 Å². The first-order valence-electron chi connectivity index (χ1n) is 6.77. The number of aryl methyl sites for hydroxylation is 2. The summed E-state index contributed by atoms with van der Waals surface area (Å²) in [6.07, 6.45) is 8.15. The first kappa shape index (κ1) is 11.5. The number of aromatic nitrogens is 1. The van der Waals surface area contributed by atoms with Crippen molar-refractivity contribution in [1.82, 2.24) is 4.98 Å². The van der Waals surface area contributed by atoms with Crippen molar-refractivity contribution in [2.24, 2.45) is 0 Å². The van der Waals surface area contributed by atoms with Gasteiger partial charge in [-0.15, -0.1) is 0 Å². The van der Waals surface area contributed by atoms with Crippen LogP contribution < -0.4 is 0 Å². The zero-order valence-corrected chi connectivity index (χ0v) is 11.1. The Labute approximate surface area is 109 Å². The van der Waals surface area contributed by atoms with Gasteiger partial charge in [-0.3, -0.25) is 4.98 Å². The summed E-state index contributed by atoms with van der Waals surface area (Å²) in [6.45, 7) is 4.31. The van der Waals surface area contributed by atoms with Crippen molar-refractivity contribution in [3.05, 3.63) is 53.2 Å². The van der Waals surface area contributed by atoms with E-state index in [0.717, 1.165) is 11.9 Å². The standard InChI is InChI=1S/C17H19N/c1-12-10-13(2)15-8-9-16(18-17(15)11-12)14-6-4-3-5-7-14/h3-4,8-11,14H,5-7H2,1-2H3. The second-order valence-corrected chi connectivity index (χ2v) is 5.37. The number of fused-ring (bicyclic) bond motifs is 1. The molecule has 1 aromatic heterocycles. The van der Waals surface area contributed by atoms with E-state index in [0.29, 0.717) is 5.92 Å². The van der Waals surface area contributed by atoms with Gasteiger partial charge in [0.1, 0.15) is 0 Å². The highest BCUT2D eigenvalue weighted by Crippen LogP contribution is 2.29. The van der Waals surface area contributed by atoms with Crippen LogP contribution in [0.25, 0.3) is 10.9 Å². The number of hydrogen-bond acceptors (Lipinski definition) is 1. The summed E-state index contributed by atoms with van der Waals surface area (Å²) in [7, 11) is 0. The van der Waals surface area contributed by atoms with Gasteiger partial charge in [0.2, 0.25) is 0 Å². The van der Waals surface area contributed by atoms with Gasteiger partial charge in [0, 0.05) is 17.0 Å². The van der Waals surface area contributed by atoms with Gasteiger partial charge in [-0.25, -0.2) is 0 Å². The lowest BCUT2D eigenvalue weighted by Gasteiger charge is -2.17. The molecule has 1 aromatic carbocycles. The highest BCUT2D eigenvalue weighted by Gasteiger charge is 2.14. The largest absolute Gasteiger partial charge is 0.253 e. The molecule has 1 nitrogen and oxygen atoms in total. The van der Waals surface area contributed by atoms with Gasteiger partial charge < -0.3 is 0 Å². The maximum atomic E-state index is 4.89. The molecule has 0 fully saturated rings. The second kappa shape index (κ2) is 4.56. The van der Waals surface area contributed by atoms with E-state index in [1.807, 2.05) is 0 Å². The Morgan fingerprint density at radius 2 is 2.00 bits per heavy atom. The van der Waals surface area contributed by atoms with Crippen LogP contribution in [0, 0.1) is 13.8 Å². The monoisotopic (exact) mass is 237 g/mol. The molecule has 18 heavy (non-hydrogen) atoms. The number of pyridine rings is 1. The van der Waals surface area contributed by atoms with Crippen LogP contribution in [-0.2, 0) is 0 Å². The number of nitrogens with zero attached hydrogens (tertiary/aromatic N) is 1. The van der Waals surface area contributed by atoms with Gasteiger partial charge in [0.15, 0.2) is 0 Å². The van der Waals surface area contributed by atoms with Gasteiger partial charge in [0.05, 0.1) is 5.52 Å². The van der Waals surface area contributed by atoms with Crippen LogP contribution in [0.4, 0.5) is 0 Å². The normalized spacial score (nSPS) is 19.3. The Kier molecular flexibility index (Phi) is 2.91. The molecular formula is C17H19N.